The van der Waals surface area contributed by atoms with Crippen LogP contribution in [0.3, 0.4) is 0 Å². The molecule has 17 heavy (non-hydrogen) atoms. The smallest absolute Gasteiger partial charge is 0.339 e. The lowest BCUT2D eigenvalue weighted by atomic mass is 9.85. The van der Waals surface area contributed by atoms with Gasteiger partial charge in [0.25, 0.3) is 0 Å². The van der Waals surface area contributed by atoms with Gasteiger partial charge in [0, 0.05) is 5.92 Å². The molecule has 0 spiro atoms. The Hall–Kier alpha value is -1.84. The van der Waals surface area contributed by atoms with E-state index in [0.29, 0.717) is 11.3 Å². The monoisotopic (exact) mass is 233 g/mol. The van der Waals surface area contributed by atoms with Gasteiger partial charge in [-0.25, -0.2) is 4.79 Å². The van der Waals surface area contributed by atoms with Crippen LogP contribution in [0, 0.1) is 5.92 Å². The third-order valence-electron chi connectivity index (χ3n) is 3.07. The van der Waals surface area contributed by atoms with Crippen LogP contribution in [0.2, 0.25) is 0 Å². The number of hydrogen-bond donors (Lipinski definition) is 1. The molecule has 1 aliphatic carbocycles. The molecule has 2 rings (SSSR count). The predicted octanol–water partition coefficient (Wildman–Crippen LogP) is 2.21. The Labute approximate surface area is 100.0 Å². The van der Waals surface area contributed by atoms with E-state index in [-0.39, 0.29) is 11.8 Å². The zero-order valence-electron chi connectivity index (χ0n) is 9.73. The van der Waals surface area contributed by atoms with Gasteiger partial charge in [-0.05, 0) is 25.0 Å². The van der Waals surface area contributed by atoms with Crippen molar-refractivity contribution in [1.29, 1.82) is 0 Å². The van der Waals surface area contributed by atoms with Crippen molar-refractivity contribution in [3.63, 3.8) is 0 Å². The molecule has 1 saturated carbocycles. The van der Waals surface area contributed by atoms with Crippen LogP contribution in [-0.4, -0.2) is 19.0 Å². The van der Waals surface area contributed by atoms with Gasteiger partial charge in [0.05, 0.1) is 18.4 Å². The minimum absolute atomic E-state index is 0.00685. The number of anilines is 1. The van der Waals surface area contributed by atoms with Crippen molar-refractivity contribution < 1.29 is 14.3 Å². The fraction of sp³-hybridized carbons (Fsp3) is 0.385. The number of para-hydroxylation sites is 1. The van der Waals surface area contributed by atoms with E-state index < -0.39 is 5.97 Å². The number of carbonyl (C=O) groups is 2. The first kappa shape index (κ1) is 11.6. The Morgan fingerprint density at radius 1 is 1.29 bits per heavy atom. The molecule has 0 unspecified atom stereocenters. The lowest BCUT2D eigenvalue weighted by molar-refractivity contribution is -0.122. The molecule has 1 aromatic carbocycles. The molecule has 1 fully saturated rings. The van der Waals surface area contributed by atoms with Crippen molar-refractivity contribution in [2.45, 2.75) is 19.3 Å². The standard InChI is InChI=1S/C13H15NO3/c1-17-13(16)10-7-2-3-8-11(10)14-12(15)9-5-4-6-9/h2-3,7-9H,4-6H2,1H3,(H,14,15). The van der Waals surface area contributed by atoms with Crippen LogP contribution in [0.4, 0.5) is 5.69 Å². The maximum atomic E-state index is 11.8. The number of nitrogens with one attached hydrogen (secondary N) is 1. The number of carbonyl (C=O) groups excluding carboxylic acids is 2. The van der Waals surface area contributed by atoms with Crippen LogP contribution in [0.15, 0.2) is 24.3 Å². The molecule has 1 aliphatic rings. The molecule has 0 heterocycles. The summed E-state index contributed by atoms with van der Waals surface area (Å²) in [6.07, 6.45) is 2.98. The van der Waals surface area contributed by atoms with Crippen LogP contribution < -0.4 is 5.32 Å². The lowest BCUT2D eigenvalue weighted by Crippen LogP contribution is -2.28. The molecule has 1 amide bonds. The first-order valence-corrected chi connectivity index (χ1v) is 5.70. The number of benzene rings is 1. The second kappa shape index (κ2) is 4.99. The van der Waals surface area contributed by atoms with E-state index >= 15 is 0 Å². The first-order chi connectivity index (χ1) is 8.22. The van der Waals surface area contributed by atoms with E-state index in [0.717, 1.165) is 19.3 Å². The largest absolute Gasteiger partial charge is 0.465 e. The van der Waals surface area contributed by atoms with E-state index in [2.05, 4.69) is 10.1 Å². The highest BCUT2D eigenvalue weighted by Gasteiger charge is 2.26. The highest BCUT2D eigenvalue weighted by atomic mass is 16.5. The molecule has 1 aromatic rings. The van der Waals surface area contributed by atoms with E-state index in [1.54, 1.807) is 24.3 Å². The fourth-order valence-corrected chi connectivity index (χ4v) is 1.79. The van der Waals surface area contributed by atoms with Crippen LogP contribution in [-0.2, 0) is 9.53 Å². The Morgan fingerprint density at radius 3 is 2.59 bits per heavy atom. The highest BCUT2D eigenvalue weighted by molar-refractivity contribution is 6.01. The van der Waals surface area contributed by atoms with Crippen molar-refractivity contribution in [2.75, 3.05) is 12.4 Å². The van der Waals surface area contributed by atoms with Crippen molar-refractivity contribution in [2.24, 2.45) is 5.92 Å². The average Bonchev–Trinajstić information content (AvgIpc) is 2.26. The highest BCUT2D eigenvalue weighted by Crippen LogP contribution is 2.28. The molecule has 1 N–H and O–H groups in total. The number of amides is 1. The second-order valence-corrected chi connectivity index (χ2v) is 4.15. The summed E-state index contributed by atoms with van der Waals surface area (Å²) in [5.41, 5.74) is 0.916. The molecule has 0 atom stereocenters. The summed E-state index contributed by atoms with van der Waals surface area (Å²) < 4.78 is 4.67. The number of methoxy groups -OCH3 is 1. The molecule has 4 nitrogen and oxygen atoms in total. The molecule has 90 valence electrons. The van der Waals surface area contributed by atoms with Gasteiger partial charge in [-0.2, -0.15) is 0 Å². The number of hydrogen-bond acceptors (Lipinski definition) is 3. The number of esters is 1. The normalized spacial score (nSPS) is 14.9. The van der Waals surface area contributed by atoms with E-state index in [9.17, 15) is 9.59 Å². The van der Waals surface area contributed by atoms with Crippen LogP contribution in [0.25, 0.3) is 0 Å². The predicted molar refractivity (Wildman–Crippen MR) is 63.8 cm³/mol. The summed E-state index contributed by atoms with van der Waals surface area (Å²) in [6.45, 7) is 0. The van der Waals surface area contributed by atoms with Crippen molar-refractivity contribution in [3.05, 3.63) is 29.8 Å². The van der Waals surface area contributed by atoms with Gasteiger partial charge in [0.2, 0.25) is 5.91 Å². The van der Waals surface area contributed by atoms with Gasteiger partial charge in [-0.3, -0.25) is 4.79 Å². The van der Waals surface area contributed by atoms with Crippen LogP contribution in [0.5, 0.6) is 0 Å². The zero-order valence-corrected chi connectivity index (χ0v) is 9.73. The zero-order chi connectivity index (χ0) is 12.3. The molecule has 0 radical (unpaired) electrons. The van der Waals surface area contributed by atoms with Crippen LogP contribution in [0.1, 0.15) is 29.6 Å². The minimum atomic E-state index is -0.436. The molecular formula is C13H15NO3. The van der Waals surface area contributed by atoms with Gasteiger partial charge >= 0.3 is 5.97 Å². The number of rotatable bonds is 3. The van der Waals surface area contributed by atoms with Gasteiger partial charge in [-0.1, -0.05) is 18.6 Å². The third kappa shape index (κ3) is 2.46. The maximum absolute atomic E-state index is 11.8. The Bertz CT molecular complexity index is 438. The minimum Gasteiger partial charge on any atom is -0.465 e. The van der Waals surface area contributed by atoms with E-state index in [4.69, 9.17) is 0 Å². The summed E-state index contributed by atoms with van der Waals surface area (Å²) in [6, 6.07) is 6.87. The Kier molecular flexibility index (Phi) is 3.42. The molecule has 0 aliphatic heterocycles. The average molecular weight is 233 g/mol. The summed E-state index contributed by atoms with van der Waals surface area (Å²) in [5, 5.41) is 2.79. The Balaban J connectivity index is 2.14. The lowest BCUT2D eigenvalue weighted by Gasteiger charge is -2.24. The second-order valence-electron chi connectivity index (χ2n) is 4.15. The van der Waals surface area contributed by atoms with Gasteiger partial charge < -0.3 is 10.1 Å². The van der Waals surface area contributed by atoms with Gasteiger partial charge in [0.1, 0.15) is 0 Å². The van der Waals surface area contributed by atoms with E-state index in [1.807, 2.05) is 0 Å². The van der Waals surface area contributed by atoms with Gasteiger partial charge in [-0.15, -0.1) is 0 Å². The maximum Gasteiger partial charge on any atom is 0.339 e. The molecule has 0 bridgehead atoms. The summed E-state index contributed by atoms with van der Waals surface area (Å²) in [7, 11) is 1.33. The van der Waals surface area contributed by atoms with Crippen molar-refractivity contribution in [1.82, 2.24) is 0 Å². The topological polar surface area (TPSA) is 55.4 Å². The fourth-order valence-electron chi connectivity index (χ4n) is 1.79. The van der Waals surface area contributed by atoms with Crippen molar-refractivity contribution in [3.8, 4) is 0 Å². The van der Waals surface area contributed by atoms with Crippen molar-refractivity contribution >= 4 is 17.6 Å². The van der Waals surface area contributed by atoms with Crippen LogP contribution >= 0.6 is 0 Å². The molecule has 0 saturated heterocycles. The third-order valence-corrected chi connectivity index (χ3v) is 3.07. The number of ether oxygens (including phenoxy) is 1. The molecule has 4 heteroatoms. The molecular weight excluding hydrogens is 218 g/mol. The first-order valence-electron chi connectivity index (χ1n) is 5.70. The summed E-state index contributed by atoms with van der Waals surface area (Å²) in [4.78, 5) is 23.3. The Morgan fingerprint density at radius 2 is 2.00 bits per heavy atom. The van der Waals surface area contributed by atoms with E-state index in [1.165, 1.54) is 7.11 Å². The quantitative estimate of drug-likeness (QED) is 0.814. The SMILES string of the molecule is COC(=O)c1ccccc1NC(=O)C1CCC1. The summed E-state index contributed by atoms with van der Waals surface area (Å²) in [5.74, 6) is -0.345. The molecule has 0 aromatic heterocycles. The summed E-state index contributed by atoms with van der Waals surface area (Å²) >= 11 is 0. The van der Waals surface area contributed by atoms with Gasteiger partial charge in [0.15, 0.2) is 0 Å².